The highest BCUT2D eigenvalue weighted by atomic mass is 32.2. The fraction of sp³-hybridized carbons (Fsp3) is 0.176. The van der Waals surface area contributed by atoms with Crippen LogP contribution in [0.3, 0.4) is 0 Å². The van der Waals surface area contributed by atoms with Gasteiger partial charge in [-0.15, -0.1) is 0 Å². The number of carbonyl (C=O) groups is 2. The van der Waals surface area contributed by atoms with E-state index in [1.54, 1.807) is 14.1 Å². The van der Waals surface area contributed by atoms with Gasteiger partial charge in [0.25, 0.3) is 15.9 Å². The SMILES string of the molecule is COc1ccc(C(=O)O)cc1S(=O)(=O)Nc1ccc(C(=O)N(C)C)cc1. The Balaban J connectivity index is 2.35. The first-order valence-corrected chi connectivity index (χ1v) is 8.90. The molecule has 0 heterocycles. The minimum Gasteiger partial charge on any atom is -0.495 e. The second-order valence-corrected chi connectivity index (χ2v) is 7.20. The van der Waals surface area contributed by atoms with Gasteiger partial charge in [0, 0.05) is 25.3 Å². The highest BCUT2D eigenvalue weighted by Gasteiger charge is 2.22. The van der Waals surface area contributed by atoms with Crippen LogP contribution < -0.4 is 9.46 Å². The van der Waals surface area contributed by atoms with E-state index in [0.29, 0.717) is 5.56 Å². The quantitative estimate of drug-likeness (QED) is 0.794. The Kier molecular flexibility index (Phi) is 5.51. The van der Waals surface area contributed by atoms with Crippen molar-refractivity contribution in [2.45, 2.75) is 4.90 Å². The van der Waals surface area contributed by atoms with Crippen molar-refractivity contribution in [2.24, 2.45) is 0 Å². The van der Waals surface area contributed by atoms with Gasteiger partial charge in [0.2, 0.25) is 0 Å². The minimum atomic E-state index is -4.10. The number of nitrogens with zero attached hydrogens (tertiary/aromatic N) is 1. The van der Waals surface area contributed by atoms with Crippen LogP contribution in [0.15, 0.2) is 47.4 Å². The summed E-state index contributed by atoms with van der Waals surface area (Å²) < 4.78 is 32.6. The summed E-state index contributed by atoms with van der Waals surface area (Å²) >= 11 is 0. The molecule has 0 atom stereocenters. The van der Waals surface area contributed by atoms with Gasteiger partial charge in [-0.3, -0.25) is 9.52 Å². The molecule has 0 aliphatic heterocycles. The highest BCUT2D eigenvalue weighted by Crippen LogP contribution is 2.27. The van der Waals surface area contributed by atoms with Crippen molar-refractivity contribution in [3.05, 3.63) is 53.6 Å². The summed E-state index contributed by atoms with van der Waals surface area (Å²) in [7, 11) is 0.416. The largest absolute Gasteiger partial charge is 0.495 e. The van der Waals surface area contributed by atoms with Crippen molar-refractivity contribution in [2.75, 3.05) is 25.9 Å². The molecule has 0 fully saturated rings. The number of carboxylic acids is 1. The van der Waals surface area contributed by atoms with E-state index in [2.05, 4.69) is 4.72 Å². The molecule has 1 amide bonds. The lowest BCUT2D eigenvalue weighted by atomic mass is 10.2. The fourth-order valence-corrected chi connectivity index (χ4v) is 3.42. The van der Waals surface area contributed by atoms with Crippen molar-refractivity contribution in [3.8, 4) is 5.75 Å². The fourth-order valence-electron chi connectivity index (χ4n) is 2.17. The molecule has 0 aromatic heterocycles. The lowest BCUT2D eigenvalue weighted by Gasteiger charge is -2.13. The van der Waals surface area contributed by atoms with Gasteiger partial charge in [0.1, 0.15) is 10.6 Å². The zero-order chi connectivity index (χ0) is 19.5. The monoisotopic (exact) mass is 378 g/mol. The van der Waals surface area contributed by atoms with Gasteiger partial charge < -0.3 is 14.7 Å². The molecule has 2 aromatic carbocycles. The van der Waals surface area contributed by atoms with Crippen LogP contribution in [0.25, 0.3) is 0 Å². The maximum absolute atomic E-state index is 12.6. The first-order chi connectivity index (χ1) is 12.2. The second-order valence-electron chi connectivity index (χ2n) is 5.55. The molecule has 9 heteroatoms. The number of anilines is 1. The molecule has 0 aliphatic rings. The normalized spacial score (nSPS) is 10.9. The van der Waals surface area contributed by atoms with E-state index in [4.69, 9.17) is 9.84 Å². The van der Waals surface area contributed by atoms with E-state index in [1.165, 1.54) is 48.4 Å². The van der Waals surface area contributed by atoms with Gasteiger partial charge in [-0.1, -0.05) is 0 Å². The molecular weight excluding hydrogens is 360 g/mol. The average molecular weight is 378 g/mol. The molecule has 26 heavy (non-hydrogen) atoms. The molecule has 0 spiro atoms. The molecule has 138 valence electrons. The highest BCUT2D eigenvalue weighted by molar-refractivity contribution is 7.92. The Morgan fingerprint density at radius 1 is 1.04 bits per heavy atom. The van der Waals surface area contributed by atoms with Gasteiger partial charge in [-0.25, -0.2) is 13.2 Å². The van der Waals surface area contributed by atoms with E-state index in [1.807, 2.05) is 0 Å². The molecule has 2 rings (SSSR count). The summed E-state index contributed by atoms with van der Waals surface area (Å²) in [5.41, 5.74) is 0.449. The number of aromatic carboxylic acids is 1. The van der Waals surface area contributed by atoms with Crippen LogP contribution in [-0.2, 0) is 10.0 Å². The van der Waals surface area contributed by atoms with Crippen molar-refractivity contribution in [3.63, 3.8) is 0 Å². The molecule has 0 unspecified atom stereocenters. The number of hydrogen-bond donors (Lipinski definition) is 2. The first-order valence-electron chi connectivity index (χ1n) is 7.41. The van der Waals surface area contributed by atoms with Crippen LogP contribution in [0.2, 0.25) is 0 Å². The molecule has 0 saturated heterocycles. The molecular formula is C17H18N2O6S. The van der Waals surface area contributed by atoms with Crippen molar-refractivity contribution >= 4 is 27.6 Å². The lowest BCUT2D eigenvalue weighted by Crippen LogP contribution is -2.21. The molecule has 2 aromatic rings. The number of methoxy groups -OCH3 is 1. The summed E-state index contributed by atoms with van der Waals surface area (Å²) in [4.78, 5) is 24.1. The number of rotatable bonds is 6. The zero-order valence-corrected chi connectivity index (χ0v) is 15.2. The van der Waals surface area contributed by atoms with E-state index < -0.39 is 16.0 Å². The summed E-state index contributed by atoms with van der Waals surface area (Å²) in [5, 5.41) is 9.06. The Bertz CT molecular complexity index is 936. The predicted octanol–water partition coefficient (Wildman–Crippen LogP) is 1.90. The number of amides is 1. The van der Waals surface area contributed by atoms with Crippen molar-refractivity contribution < 1.29 is 27.9 Å². The third-order valence-corrected chi connectivity index (χ3v) is 4.89. The summed E-state index contributed by atoms with van der Waals surface area (Å²) in [6.07, 6.45) is 0. The molecule has 0 saturated carbocycles. The van der Waals surface area contributed by atoms with E-state index in [9.17, 15) is 18.0 Å². The molecule has 0 aliphatic carbocycles. The number of hydrogen-bond acceptors (Lipinski definition) is 5. The van der Waals surface area contributed by atoms with Crippen LogP contribution >= 0.6 is 0 Å². The number of carbonyl (C=O) groups excluding carboxylic acids is 1. The van der Waals surface area contributed by atoms with E-state index in [-0.39, 0.29) is 27.8 Å². The first kappa shape index (κ1) is 19.3. The van der Waals surface area contributed by atoms with Crippen LogP contribution in [0.4, 0.5) is 5.69 Å². The third kappa shape index (κ3) is 4.12. The van der Waals surface area contributed by atoms with Crippen LogP contribution in [-0.4, -0.2) is 51.5 Å². The van der Waals surface area contributed by atoms with Crippen LogP contribution in [0, 0.1) is 0 Å². The Labute approximate surface area is 151 Å². The van der Waals surface area contributed by atoms with E-state index >= 15 is 0 Å². The van der Waals surface area contributed by atoms with Crippen molar-refractivity contribution in [1.82, 2.24) is 4.90 Å². The van der Waals surface area contributed by atoms with E-state index in [0.717, 1.165) is 6.07 Å². The summed E-state index contributed by atoms with van der Waals surface area (Å²) in [6.45, 7) is 0. The molecule has 0 bridgehead atoms. The van der Waals surface area contributed by atoms with Gasteiger partial charge in [-0.05, 0) is 42.5 Å². The maximum atomic E-state index is 12.6. The predicted molar refractivity (Wildman–Crippen MR) is 95.2 cm³/mol. The Morgan fingerprint density at radius 3 is 2.12 bits per heavy atom. The second kappa shape index (κ2) is 7.44. The Hall–Kier alpha value is -3.07. The smallest absolute Gasteiger partial charge is 0.335 e. The van der Waals surface area contributed by atoms with Gasteiger partial charge >= 0.3 is 5.97 Å². The molecule has 8 nitrogen and oxygen atoms in total. The molecule has 2 N–H and O–H groups in total. The number of carboxylic acid groups (broad SMARTS) is 1. The van der Waals surface area contributed by atoms with Crippen molar-refractivity contribution in [1.29, 1.82) is 0 Å². The zero-order valence-electron chi connectivity index (χ0n) is 14.4. The van der Waals surface area contributed by atoms with Gasteiger partial charge in [0.15, 0.2) is 0 Å². The number of ether oxygens (including phenoxy) is 1. The number of benzene rings is 2. The third-order valence-electron chi connectivity index (χ3n) is 3.49. The maximum Gasteiger partial charge on any atom is 0.335 e. The van der Waals surface area contributed by atoms with Gasteiger partial charge in [0.05, 0.1) is 12.7 Å². The Morgan fingerprint density at radius 2 is 1.62 bits per heavy atom. The summed E-state index contributed by atoms with van der Waals surface area (Å²) in [6, 6.07) is 9.42. The van der Waals surface area contributed by atoms with Gasteiger partial charge in [-0.2, -0.15) is 0 Å². The number of nitrogens with one attached hydrogen (secondary N) is 1. The average Bonchev–Trinajstić information content (AvgIpc) is 2.60. The number of sulfonamides is 1. The standard InChI is InChI=1S/C17H18N2O6S/c1-19(2)16(20)11-4-7-13(8-5-11)18-26(23,24)15-10-12(17(21)22)6-9-14(15)25-3/h4-10,18H,1-3H3,(H,21,22). The van der Waals surface area contributed by atoms with Crippen LogP contribution in [0.5, 0.6) is 5.75 Å². The minimum absolute atomic E-state index is 0.0157. The summed E-state index contributed by atoms with van der Waals surface area (Å²) in [5.74, 6) is -1.45. The van der Waals surface area contributed by atoms with Crippen LogP contribution in [0.1, 0.15) is 20.7 Å². The topological polar surface area (TPSA) is 113 Å². The molecule has 0 radical (unpaired) electrons. The lowest BCUT2D eigenvalue weighted by molar-refractivity contribution is 0.0696.